The molecule has 2 aromatic carbocycles. The number of carbonyl (C=O) groups is 3. The zero-order valence-electron chi connectivity index (χ0n) is 16.5. The summed E-state index contributed by atoms with van der Waals surface area (Å²) in [6.07, 6.45) is 3.16. The Hall–Kier alpha value is -3.22. The number of halogens is 1. The third-order valence-electron chi connectivity index (χ3n) is 4.03. The first-order chi connectivity index (χ1) is 13.9. The smallest absolute Gasteiger partial charge is 0.338 e. The van der Waals surface area contributed by atoms with Crippen LogP contribution < -0.4 is 10.1 Å². The van der Waals surface area contributed by atoms with Gasteiger partial charge in [0.1, 0.15) is 11.6 Å². The number of unbranched alkanes of at least 4 members (excludes halogenated alkanes) is 2. The number of ketones is 1. The highest BCUT2D eigenvalue weighted by molar-refractivity contribution is 6.00. The molecule has 0 saturated carbocycles. The van der Waals surface area contributed by atoms with Gasteiger partial charge in [0.05, 0.1) is 17.7 Å². The van der Waals surface area contributed by atoms with Crippen molar-refractivity contribution in [2.24, 2.45) is 0 Å². The first-order valence-corrected chi connectivity index (χ1v) is 9.41. The molecule has 1 N–H and O–H groups in total. The van der Waals surface area contributed by atoms with Gasteiger partial charge in [-0.05, 0) is 48.9 Å². The van der Waals surface area contributed by atoms with E-state index < -0.39 is 24.2 Å². The van der Waals surface area contributed by atoms with Crippen molar-refractivity contribution in [1.82, 2.24) is 0 Å². The van der Waals surface area contributed by atoms with Gasteiger partial charge in [-0.15, -0.1) is 0 Å². The number of anilines is 1. The molecule has 0 aromatic heterocycles. The van der Waals surface area contributed by atoms with Crippen LogP contribution in [0.1, 0.15) is 53.8 Å². The first-order valence-electron chi connectivity index (χ1n) is 9.41. The van der Waals surface area contributed by atoms with Gasteiger partial charge in [0.25, 0.3) is 0 Å². The highest BCUT2D eigenvalue weighted by Gasteiger charge is 2.16. The lowest BCUT2D eigenvalue weighted by atomic mass is 10.1. The standard InChI is InChI=1S/C22H24FNO5/c1-3-4-5-12-28-18-9-6-16(7-10-18)22(27)29-14-21(26)19-11-8-17(13-20(19)23)24-15(2)25/h6-11,13H,3-5,12,14H2,1-2H3,(H,24,25). The second-order valence-corrected chi connectivity index (χ2v) is 6.46. The molecule has 1 amide bonds. The van der Waals surface area contributed by atoms with Crippen molar-refractivity contribution in [3.8, 4) is 5.75 Å². The van der Waals surface area contributed by atoms with E-state index in [0.29, 0.717) is 12.4 Å². The van der Waals surface area contributed by atoms with Crippen molar-refractivity contribution < 1.29 is 28.2 Å². The molecule has 0 spiro atoms. The molecule has 0 bridgehead atoms. The summed E-state index contributed by atoms with van der Waals surface area (Å²) in [7, 11) is 0. The summed E-state index contributed by atoms with van der Waals surface area (Å²) < 4.78 is 24.6. The molecule has 2 rings (SSSR count). The van der Waals surface area contributed by atoms with Crippen molar-refractivity contribution in [2.45, 2.75) is 33.1 Å². The summed E-state index contributed by atoms with van der Waals surface area (Å²) >= 11 is 0. The Labute approximate surface area is 169 Å². The number of Topliss-reactive ketones (excluding diaryl/α,β-unsaturated/α-hetero) is 1. The number of hydrogen-bond donors (Lipinski definition) is 1. The molecule has 2 aromatic rings. The maximum Gasteiger partial charge on any atom is 0.338 e. The number of hydrogen-bond acceptors (Lipinski definition) is 5. The number of carbonyl (C=O) groups excluding carboxylic acids is 3. The van der Waals surface area contributed by atoms with E-state index >= 15 is 0 Å². The number of nitrogens with one attached hydrogen (secondary N) is 1. The van der Waals surface area contributed by atoms with Crippen LogP contribution in [0.3, 0.4) is 0 Å². The van der Waals surface area contributed by atoms with Gasteiger partial charge >= 0.3 is 5.97 Å². The second kappa shape index (κ2) is 10.9. The van der Waals surface area contributed by atoms with E-state index in [4.69, 9.17) is 9.47 Å². The van der Waals surface area contributed by atoms with E-state index in [0.717, 1.165) is 25.3 Å². The van der Waals surface area contributed by atoms with Gasteiger partial charge in [-0.2, -0.15) is 0 Å². The number of benzene rings is 2. The molecule has 29 heavy (non-hydrogen) atoms. The van der Waals surface area contributed by atoms with Crippen LogP contribution in [0.5, 0.6) is 5.75 Å². The predicted octanol–water partition coefficient (Wildman–Crippen LogP) is 4.39. The monoisotopic (exact) mass is 401 g/mol. The molecule has 0 aliphatic heterocycles. The maximum absolute atomic E-state index is 14.1. The molecule has 154 valence electrons. The fourth-order valence-electron chi connectivity index (χ4n) is 2.54. The summed E-state index contributed by atoms with van der Waals surface area (Å²) in [6, 6.07) is 10.1. The average Bonchev–Trinajstić information content (AvgIpc) is 2.69. The van der Waals surface area contributed by atoms with Gasteiger partial charge in [0.15, 0.2) is 6.61 Å². The van der Waals surface area contributed by atoms with Crippen LogP contribution in [0.15, 0.2) is 42.5 Å². The Bertz CT molecular complexity index is 864. The number of amides is 1. The SMILES string of the molecule is CCCCCOc1ccc(C(=O)OCC(=O)c2ccc(NC(C)=O)cc2F)cc1. The molecule has 0 heterocycles. The summed E-state index contributed by atoms with van der Waals surface area (Å²) in [4.78, 5) is 35.2. The fourth-order valence-corrected chi connectivity index (χ4v) is 2.54. The van der Waals surface area contributed by atoms with Crippen LogP contribution in [0.2, 0.25) is 0 Å². The lowest BCUT2D eigenvalue weighted by Crippen LogP contribution is -2.16. The van der Waals surface area contributed by atoms with Gasteiger partial charge in [0.2, 0.25) is 11.7 Å². The molecule has 0 aliphatic carbocycles. The highest BCUT2D eigenvalue weighted by atomic mass is 19.1. The summed E-state index contributed by atoms with van der Waals surface area (Å²) in [5.74, 6) is -1.88. The van der Waals surface area contributed by atoms with Crippen LogP contribution in [0, 0.1) is 5.82 Å². The first kappa shape index (κ1) is 22.1. The normalized spacial score (nSPS) is 10.3. The van der Waals surface area contributed by atoms with E-state index in [1.807, 2.05) is 0 Å². The lowest BCUT2D eigenvalue weighted by Gasteiger charge is -2.08. The molecule has 6 nitrogen and oxygen atoms in total. The van der Waals surface area contributed by atoms with E-state index in [1.54, 1.807) is 24.3 Å². The second-order valence-electron chi connectivity index (χ2n) is 6.46. The largest absolute Gasteiger partial charge is 0.494 e. The van der Waals surface area contributed by atoms with E-state index in [9.17, 15) is 18.8 Å². The minimum Gasteiger partial charge on any atom is -0.494 e. The number of rotatable bonds is 10. The molecular formula is C22H24FNO5. The van der Waals surface area contributed by atoms with Crippen molar-refractivity contribution in [3.63, 3.8) is 0 Å². The summed E-state index contributed by atoms with van der Waals surface area (Å²) in [6.45, 7) is 3.42. The zero-order valence-corrected chi connectivity index (χ0v) is 16.5. The summed E-state index contributed by atoms with van der Waals surface area (Å²) in [5, 5.41) is 2.42. The van der Waals surface area contributed by atoms with Crippen LogP contribution in [0.4, 0.5) is 10.1 Å². The minimum atomic E-state index is -0.804. The molecule has 0 aliphatic rings. The quantitative estimate of drug-likeness (QED) is 0.363. The Morgan fingerprint density at radius 2 is 1.76 bits per heavy atom. The van der Waals surface area contributed by atoms with Crippen molar-refractivity contribution in [2.75, 3.05) is 18.5 Å². The van der Waals surface area contributed by atoms with Crippen molar-refractivity contribution >= 4 is 23.3 Å². The van der Waals surface area contributed by atoms with Crippen molar-refractivity contribution in [1.29, 1.82) is 0 Å². The van der Waals surface area contributed by atoms with Gasteiger partial charge < -0.3 is 14.8 Å². The van der Waals surface area contributed by atoms with Crippen LogP contribution in [-0.2, 0) is 9.53 Å². The lowest BCUT2D eigenvalue weighted by molar-refractivity contribution is -0.114. The molecule has 0 unspecified atom stereocenters. The van der Waals surface area contributed by atoms with E-state index in [-0.39, 0.29) is 22.7 Å². The van der Waals surface area contributed by atoms with Gasteiger partial charge in [-0.3, -0.25) is 9.59 Å². The van der Waals surface area contributed by atoms with Crippen LogP contribution in [0.25, 0.3) is 0 Å². The van der Waals surface area contributed by atoms with Crippen LogP contribution in [-0.4, -0.2) is 30.9 Å². The van der Waals surface area contributed by atoms with E-state index in [2.05, 4.69) is 12.2 Å². The Balaban J connectivity index is 1.88. The number of ether oxygens (including phenoxy) is 2. The Morgan fingerprint density at radius 1 is 1.03 bits per heavy atom. The maximum atomic E-state index is 14.1. The van der Waals surface area contributed by atoms with Crippen LogP contribution >= 0.6 is 0 Å². The third-order valence-corrected chi connectivity index (χ3v) is 4.03. The molecular weight excluding hydrogens is 377 g/mol. The molecule has 0 atom stereocenters. The summed E-state index contributed by atoms with van der Waals surface area (Å²) in [5.41, 5.74) is 0.281. The van der Waals surface area contributed by atoms with Gasteiger partial charge in [-0.1, -0.05) is 19.8 Å². The highest BCUT2D eigenvalue weighted by Crippen LogP contribution is 2.17. The number of esters is 1. The Morgan fingerprint density at radius 3 is 2.38 bits per heavy atom. The molecule has 0 radical (unpaired) electrons. The van der Waals surface area contributed by atoms with Gasteiger partial charge in [0, 0.05) is 12.6 Å². The minimum absolute atomic E-state index is 0.220. The van der Waals surface area contributed by atoms with Gasteiger partial charge in [-0.25, -0.2) is 9.18 Å². The topological polar surface area (TPSA) is 81.7 Å². The Kier molecular flexibility index (Phi) is 8.33. The van der Waals surface area contributed by atoms with E-state index in [1.165, 1.54) is 19.1 Å². The third kappa shape index (κ3) is 7.03. The average molecular weight is 401 g/mol. The molecule has 0 fully saturated rings. The zero-order chi connectivity index (χ0) is 21.2. The molecule has 0 saturated heterocycles. The fraction of sp³-hybridized carbons (Fsp3) is 0.318. The van der Waals surface area contributed by atoms with Crippen molar-refractivity contribution in [3.05, 3.63) is 59.4 Å². The predicted molar refractivity (Wildman–Crippen MR) is 107 cm³/mol. The molecule has 7 heteroatoms.